The van der Waals surface area contributed by atoms with E-state index >= 15 is 0 Å². The van der Waals surface area contributed by atoms with Crippen LogP contribution in [0.15, 0.2) is 17.1 Å². The summed E-state index contributed by atoms with van der Waals surface area (Å²) in [5.74, 6) is 1.35. The summed E-state index contributed by atoms with van der Waals surface area (Å²) in [7, 11) is 0. The number of unbranched alkanes of at least 4 members (excludes halogenated alkanes) is 14. The largest absolute Gasteiger partial charge is 0.390 e. The van der Waals surface area contributed by atoms with Gasteiger partial charge in [-0.05, 0) is 39.0 Å². The normalized spacial score (nSPS) is 19.1. The molecule has 1 heterocycles. The van der Waals surface area contributed by atoms with Crippen molar-refractivity contribution in [2.24, 2.45) is 4.99 Å². The number of aliphatic hydroxyl groups is 1. The van der Waals surface area contributed by atoms with Crippen molar-refractivity contribution in [1.82, 2.24) is 0 Å². The Morgan fingerprint density at radius 2 is 1.30 bits per heavy atom. The second-order valence-corrected chi connectivity index (χ2v) is 9.33. The molecule has 176 valence electrons. The van der Waals surface area contributed by atoms with Gasteiger partial charge in [-0.15, -0.1) is 0 Å². The number of amidine groups is 1. The van der Waals surface area contributed by atoms with Gasteiger partial charge in [-0.1, -0.05) is 89.7 Å². The average Bonchev–Trinajstić information content (AvgIpc) is 3.16. The number of hydrogen-bond acceptors (Lipinski definition) is 2. The molecule has 0 saturated carbocycles. The molecular weight excluding hydrogens is 368 g/mol. The molecule has 1 aliphatic rings. The lowest BCUT2D eigenvalue weighted by Gasteiger charge is -2.33. The first kappa shape index (κ1) is 27.4. The molecule has 1 N–H and O–H groups in total. The molecule has 1 rings (SSSR count). The molecule has 30 heavy (non-hydrogen) atoms. The molecule has 0 aromatic rings. The van der Waals surface area contributed by atoms with E-state index in [1.807, 2.05) is 0 Å². The summed E-state index contributed by atoms with van der Waals surface area (Å²) in [5.41, 5.74) is 0. The third-order valence-corrected chi connectivity index (χ3v) is 6.92. The van der Waals surface area contributed by atoms with E-state index < -0.39 is 0 Å². The van der Waals surface area contributed by atoms with E-state index in [2.05, 4.69) is 26.0 Å². The van der Waals surface area contributed by atoms with Crippen LogP contribution in [0, 0.1) is 0 Å². The summed E-state index contributed by atoms with van der Waals surface area (Å²) in [6.45, 7) is 8.77. The van der Waals surface area contributed by atoms with Crippen molar-refractivity contribution in [1.29, 1.82) is 0 Å². The minimum Gasteiger partial charge on any atom is -0.390 e. The zero-order chi connectivity index (χ0) is 21.8. The number of allylic oxidation sites excluding steroid dienone is 2. The third-order valence-electron chi connectivity index (χ3n) is 6.92. The average molecular weight is 422 g/mol. The van der Waals surface area contributed by atoms with Crippen molar-refractivity contribution in [3.63, 3.8) is 0 Å². The van der Waals surface area contributed by atoms with Crippen LogP contribution in [0.3, 0.4) is 0 Å². The Balaban J connectivity index is 1.87. The lowest BCUT2D eigenvalue weighted by atomic mass is 10.1. The summed E-state index contributed by atoms with van der Waals surface area (Å²) in [6, 6.07) is 0. The highest BCUT2D eigenvalue weighted by atomic mass is 16.3. The molecule has 0 fully saturated rings. The number of quaternary nitrogens is 1. The Kier molecular flexibility index (Phi) is 17.4. The van der Waals surface area contributed by atoms with Gasteiger partial charge in [0.2, 0.25) is 0 Å². The van der Waals surface area contributed by atoms with Crippen molar-refractivity contribution in [2.45, 2.75) is 123 Å². The first-order valence-corrected chi connectivity index (χ1v) is 13.4. The van der Waals surface area contributed by atoms with Crippen molar-refractivity contribution >= 4 is 5.84 Å². The number of aliphatic hydroxyl groups excluding tert-OH is 1. The Labute approximate surface area is 188 Å². The van der Waals surface area contributed by atoms with Gasteiger partial charge in [0.15, 0.2) is 5.84 Å². The maximum atomic E-state index is 9.39. The van der Waals surface area contributed by atoms with Gasteiger partial charge in [-0.25, -0.2) is 4.99 Å². The molecular formula is C27H53N2O+. The Bertz CT molecular complexity index is 446. The van der Waals surface area contributed by atoms with E-state index in [1.165, 1.54) is 109 Å². The highest BCUT2D eigenvalue weighted by Crippen LogP contribution is 2.20. The van der Waals surface area contributed by atoms with E-state index in [9.17, 15) is 5.11 Å². The van der Waals surface area contributed by atoms with Crippen LogP contribution in [-0.2, 0) is 0 Å². The van der Waals surface area contributed by atoms with Crippen LogP contribution >= 0.6 is 0 Å². The SMILES string of the molecule is CCCCCCCCCCC/C=C/CCCCCCCC1=NCC[N+]1(CC)CCO. The van der Waals surface area contributed by atoms with Crippen LogP contribution in [0.5, 0.6) is 0 Å². The Morgan fingerprint density at radius 3 is 1.83 bits per heavy atom. The highest BCUT2D eigenvalue weighted by Gasteiger charge is 2.35. The predicted molar refractivity (Wildman–Crippen MR) is 133 cm³/mol. The summed E-state index contributed by atoms with van der Waals surface area (Å²) in [4.78, 5) is 4.76. The maximum Gasteiger partial charge on any atom is 0.198 e. The van der Waals surface area contributed by atoms with Crippen LogP contribution in [-0.4, -0.2) is 48.2 Å². The van der Waals surface area contributed by atoms with Crippen LogP contribution in [0.4, 0.5) is 0 Å². The van der Waals surface area contributed by atoms with E-state index in [1.54, 1.807) is 0 Å². The van der Waals surface area contributed by atoms with E-state index in [0.29, 0.717) is 0 Å². The van der Waals surface area contributed by atoms with Crippen molar-refractivity contribution in [2.75, 3.05) is 32.8 Å². The van der Waals surface area contributed by atoms with Gasteiger partial charge < -0.3 is 5.11 Å². The second-order valence-electron chi connectivity index (χ2n) is 9.33. The summed E-state index contributed by atoms with van der Waals surface area (Å²) >= 11 is 0. The van der Waals surface area contributed by atoms with Gasteiger partial charge in [-0.2, -0.15) is 0 Å². The van der Waals surface area contributed by atoms with Crippen LogP contribution in [0.1, 0.15) is 123 Å². The first-order chi connectivity index (χ1) is 14.8. The molecule has 0 aliphatic carbocycles. The highest BCUT2D eigenvalue weighted by molar-refractivity contribution is 5.76. The molecule has 0 aromatic carbocycles. The van der Waals surface area contributed by atoms with Gasteiger partial charge >= 0.3 is 0 Å². The molecule has 0 bridgehead atoms. The van der Waals surface area contributed by atoms with Crippen LogP contribution in [0.25, 0.3) is 0 Å². The second kappa shape index (κ2) is 19.0. The fourth-order valence-electron chi connectivity index (χ4n) is 4.78. The van der Waals surface area contributed by atoms with Gasteiger partial charge in [-0.3, -0.25) is 4.48 Å². The minimum atomic E-state index is 0.277. The van der Waals surface area contributed by atoms with E-state index in [0.717, 1.165) is 37.1 Å². The number of hydrogen-bond donors (Lipinski definition) is 1. The summed E-state index contributed by atoms with van der Waals surface area (Å²) in [6.07, 6.45) is 27.9. The van der Waals surface area contributed by atoms with Crippen molar-refractivity contribution < 1.29 is 9.59 Å². The van der Waals surface area contributed by atoms with Gasteiger partial charge in [0.1, 0.15) is 13.1 Å². The van der Waals surface area contributed by atoms with Crippen molar-refractivity contribution in [3.05, 3.63) is 12.2 Å². The molecule has 0 radical (unpaired) electrons. The minimum absolute atomic E-state index is 0.277. The maximum absolute atomic E-state index is 9.39. The summed E-state index contributed by atoms with van der Waals surface area (Å²) in [5, 5.41) is 9.39. The van der Waals surface area contributed by atoms with E-state index in [4.69, 9.17) is 4.99 Å². The Morgan fingerprint density at radius 1 is 0.767 bits per heavy atom. The van der Waals surface area contributed by atoms with E-state index in [-0.39, 0.29) is 6.61 Å². The monoisotopic (exact) mass is 421 g/mol. The first-order valence-electron chi connectivity index (χ1n) is 13.4. The quantitative estimate of drug-likeness (QED) is 0.117. The number of likely N-dealkylation sites (N-methyl/N-ethyl adjacent to an activating group) is 1. The number of aliphatic imine (C=N–C) groups is 1. The zero-order valence-electron chi connectivity index (χ0n) is 20.6. The zero-order valence-corrected chi connectivity index (χ0v) is 20.6. The lowest BCUT2D eigenvalue weighted by molar-refractivity contribution is -0.835. The smallest absolute Gasteiger partial charge is 0.198 e. The number of nitrogens with zero attached hydrogens (tertiary/aromatic N) is 2. The molecule has 0 spiro atoms. The topological polar surface area (TPSA) is 32.6 Å². The molecule has 0 amide bonds. The molecule has 1 unspecified atom stereocenters. The molecule has 3 nitrogen and oxygen atoms in total. The Hall–Kier alpha value is -0.670. The molecule has 1 aliphatic heterocycles. The van der Waals surface area contributed by atoms with Gasteiger partial charge in [0, 0.05) is 6.42 Å². The fourth-order valence-corrected chi connectivity index (χ4v) is 4.78. The predicted octanol–water partition coefficient (Wildman–Crippen LogP) is 7.44. The number of rotatable bonds is 21. The van der Waals surface area contributed by atoms with Gasteiger partial charge in [0.05, 0.1) is 19.7 Å². The molecule has 3 heteroatoms. The van der Waals surface area contributed by atoms with Crippen molar-refractivity contribution in [3.8, 4) is 0 Å². The standard InChI is InChI=1S/C27H53N2O/c1-3-5-6-7-8-9-10-11-12-13-14-15-16-17-18-19-20-21-22-27-28-23-24-29(27,4-2)25-26-30/h14-15,30H,3-13,16-26H2,1-2H3/q+1/b15-14+. The molecule has 1 atom stereocenters. The summed E-state index contributed by atoms with van der Waals surface area (Å²) < 4.78 is 0.945. The van der Waals surface area contributed by atoms with Crippen LogP contribution < -0.4 is 0 Å². The third kappa shape index (κ3) is 12.2. The van der Waals surface area contributed by atoms with Gasteiger partial charge in [0.25, 0.3) is 0 Å². The fraction of sp³-hybridized carbons (Fsp3) is 0.889. The molecule has 0 saturated heterocycles. The van der Waals surface area contributed by atoms with Crippen LogP contribution in [0.2, 0.25) is 0 Å². The molecule has 0 aromatic heterocycles. The lowest BCUT2D eigenvalue weighted by Crippen LogP contribution is -2.52.